The van der Waals surface area contributed by atoms with Crippen LogP contribution in [0.5, 0.6) is 0 Å². The van der Waals surface area contributed by atoms with Crippen molar-refractivity contribution in [3.05, 3.63) is 95.6 Å². The molecule has 10 nitrogen and oxygen atoms in total. The first kappa shape index (κ1) is 21.5. The summed E-state index contributed by atoms with van der Waals surface area (Å²) in [7, 11) is 3.90. The largest absolute Gasteiger partial charge is 0.337 e. The van der Waals surface area contributed by atoms with Crippen LogP contribution in [0.3, 0.4) is 0 Å². The van der Waals surface area contributed by atoms with Crippen LogP contribution in [0.15, 0.2) is 61.4 Å². The number of hydrogen-bond acceptors (Lipinski definition) is 8. The summed E-state index contributed by atoms with van der Waals surface area (Å²) in [6.07, 6.45) is 10.6. The summed E-state index contributed by atoms with van der Waals surface area (Å²) in [5.41, 5.74) is 2.42. The molecule has 5 rings (SSSR count). The van der Waals surface area contributed by atoms with Crippen molar-refractivity contribution in [2.24, 2.45) is 14.1 Å². The van der Waals surface area contributed by atoms with E-state index in [1.54, 1.807) is 49.1 Å². The lowest BCUT2D eigenvalue weighted by Crippen LogP contribution is -2.51. The van der Waals surface area contributed by atoms with Crippen LogP contribution in [0.2, 0.25) is 0 Å². The molecule has 168 valence electrons. The molecule has 4 aromatic rings. The van der Waals surface area contributed by atoms with Gasteiger partial charge in [0.15, 0.2) is 0 Å². The molecule has 0 saturated carbocycles. The van der Waals surface area contributed by atoms with Crippen molar-refractivity contribution in [1.29, 1.82) is 10.5 Å². The zero-order valence-electron chi connectivity index (χ0n) is 18.7. The van der Waals surface area contributed by atoms with Gasteiger partial charge in [-0.1, -0.05) is 0 Å². The average molecular weight is 451 g/mol. The predicted octanol–water partition coefficient (Wildman–Crippen LogP) is 2.14. The molecule has 0 spiro atoms. The van der Waals surface area contributed by atoms with E-state index in [0.717, 1.165) is 11.6 Å². The Kier molecular flexibility index (Phi) is 5.60. The molecular formula is C24H22N10. The van der Waals surface area contributed by atoms with Gasteiger partial charge in [-0.15, -0.1) is 0 Å². The van der Waals surface area contributed by atoms with E-state index in [4.69, 9.17) is 0 Å². The first-order valence-electron chi connectivity index (χ1n) is 10.8. The van der Waals surface area contributed by atoms with E-state index in [1.807, 2.05) is 35.6 Å². The van der Waals surface area contributed by atoms with E-state index < -0.39 is 0 Å². The lowest BCUT2D eigenvalue weighted by atomic mass is 9.90. The summed E-state index contributed by atoms with van der Waals surface area (Å²) in [6.45, 7) is 0. The molecule has 0 radical (unpaired) electrons. The Hall–Kier alpha value is -4.38. The molecule has 10 heteroatoms. The van der Waals surface area contributed by atoms with E-state index in [1.165, 1.54) is 0 Å². The molecule has 0 aromatic carbocycles. The number of nitriles is 2. The summed E-state index contributed by atoms with van der Waals surface area (Å²) in [6, 6.07) is 10.1. The fourth-order valence-electron chi connectivity index (χ4n) is 4.46. The maximum Gasteiger partial charge on any atom is 0.127 e. The Bertz CT molecular complexity index is 1300. The molecule has 4 atom stereocenters. The number of aryl methyl sites for hydroxylation is 2. The number of imidazole rings is 2. The molecule has 0 amide bonds. The summed E-state index contributed by atoms with van der Waals surface area (Å²) in [4.78, 5) is 18.4. The first-order valence-corrected chi connectivity index (χ1v) is 10.8. The van der Waals surface area contributed by atoms with Gasteiger partial charge >= 0.3 is 0 Å². The number of nitrogens with one attached hydrogen (secondary N) is 2. The van der Waals surface area contributed by atoms with Gasteiger partial charge in [-0.05, 0) is 24.3 Å². The second-order valence-corrected chi connectivity index (χ2v) is 8.20. The highest BCUT2D eigenvalue weighted by Gasteiger charge is 2.43. The van der Waals surface area contributed by atoms with Crippen LogP contribution in [0.4, 0.5) is 0 Å². The lowest BCUT2D eigenvalue weighted by Gasteiger charge is -2.42. The summed E-state index contributed by atoms with van der Waals surface area (Å²) in [5, 5.41) is 26.4. The first-order chi connectivity index (χ1) is 16.6. The van der Waals surface area contributed by atoms with Crippen molar-refractivity contribution in [2.45, 2.75) is 24.2 Å². The van der Waals surface area contributed by atoms with Crippen LogP contribution < -0.4 is 10.6 Å². The Morgan fingerprint density at radius 3 is 1.47 bits per heavy atom. The molecule has 0 aliphatic carbocycles. The third kappa shape index (κ3) is 3.82. The zero-order valence-corrected chi connectivity index (χ0v) is 18.7. The van der Waals surface area contributed by atoms with Crippen LogP contribution in [0.1, 0.15) is 58.3 Å². The zero-order chi connectivity index (χ0) is 23.7. The summed E-state index contributed by atoms with van der Waals surface area (Å²) >= 11 is 0. The average Bonchev–Trinajstić information content (AvgIpc) is 3.51. The maximum atomic E-state index is 9.46. The second-order valence-electron chi connectivity index (χ2n) is 8.20. The third-order valence-electron chi connectivity index (χ3n) is 6.12. The minimum Gasteiger partial charge on any atom is -0.337 e. The topological polar surface area (TPSA) is 133 Å². The predicted molar refractivity (Wildman–Crippen MR) is 122 cm³/mol. The standard InChI is InChI=1S/C24H22N10/c1-33-9-7-29-23(33)21-22(24-30-8-10-34(24)2)32-20(18-12-16(14-26)4-6-28-18)19(31-21)17-11-15(13-25)3-5-27-17/h3-12,19-22,31-32H,1-2H3/t19-,20-,21-,22-/m1/s1. The number of hydrogen-bond donors (Lipinski definition) is 2. The Morgan fingerprint density at radius 1 is 0.676 bits per heavy atom. The Morgan fingerprint density at radius 2 is 1.12 bits per heavy atom. The number of nitrogens with zero attached hydrogens (tertiary/aromatic N) is 8. The van der Waals surface area contributed by atoms with E-state index >= 15 is 0 Å². The lowest BCUT2D eigenvalue weighted by molar-refractivity contribution is 0.190. The minimum absolute atomic E-state index is 0.256. The number of rotatable bonds is 4. The van der Waals surface area contributed by atoms with Crippen LogP contribution in [0, 0.1) is 22.7 Å². The van der Waals surface area contributed by atoms with Gasteiger partial charge in [0.25, 0.3) is 0 Å². The molecule has 4 aromatic heterocycles. The molecule has 2 N–H and O–H groups in total. The van der Waals surface area contributed by atoms with Crippen LogP contribution in [0.25, 0.3) is 0 Å². The van der Waals surface area contributed by atoms with Crippen LogP contribution in [-0.4, -0.2) is 29.1 Å². The number of piperazine rings is 1. The molecule has 1 saturated heterocycles. The Balaban J connectivity index is 1.66. The highest BCUT2D eigenvalue weighted by atomic mass is 15.2. The quantitative estimate of drug-likeness (QED) is 0.483. The molecule has 1 aliphatic rings. The van der Waals surface area contributed by atoms with Gasteiger partial charge in [0.2, 0.25) is 0 Å². The van der Waals surface area contributed by atoms with Gasteiger partial charge in [-0.3, -0.25) is 20.6 Å². The van der Waals surface area contributed by atoms with Gasteiger partial charge in [0, 0.05) is 51.3 Å². The molecule has 0 bridgehead atoms. The highest BCUT2D eigenvalue weighted by Crippen LogP contribution is 2.41. The fourth-order valence-corrected chi connectivity index (χ4v) is 4.46. The Labute approximate surface area is 196 Å². The van der Waals surface area contributed by atoms with Crippen molar-refractivity contribution < 1.29 is 0 Å². The monoisotopic (exact) mass is 450 g/mol. The molecular weight excluding hydrogens is 428 g/mol. The smallest absolute Gasteiger partial charge is 0.127 e. The normalized spacial score (nSPS) is 22.1. The maximum absolute atomic E-state index is 9.46. The van der Waals surface area contributed by atoms with Gasteiger partial charge in [0.1, 0.15) is 11.6 Å². The second kappa shape index (κ2) is 8.87. The van der Waals surface area contributed by atoms with Crippen LogP contribution in [-0.2, 0) is 14.1 Å². The van der Waals surface area contributed by atoms with E-state index in [9.17, 15) is 10.5 Å². The van der Waals surface area contributed by atoms with E-state index in [2.05, 4.69) is 42.7 Å². The van der Waals surface area contributed by atoms with Crippen LogP contribution >= 0.6 is 0 Å². The van der Waals surface area contributed by atoms with E-state index in [-0.39, 0.29) is 24.2 Å². The third-order valence-corrected chi connectivity index (χ3v) is 6.12. The van der Waals surface area contributed by atoms with Gasteiger partial charge in [-0.2, -0.15) is 10.5 Å². The van der Waals surface area contributed by atoms with Crippen molar-refractivity contribution in [3.63, 3.8) is 0 Å². The molecule has 1 aliphatic heterocycles. The van der Waals surface area contributed by atoms with Gasteiger partial charge in [-0.25, -0.2) is 9.97 Å². The number of aromatic nitrogens is 6. The van der Waals surface area contributed by atoms with E-state index in [0.29, 0.717) is 22.5 Å². The molecule has 1 fully saturated rings. The number of pyridine rings is 2. The van der Waals surface area contributed by atoms with Crippen molar-refractivity contribution in [1.82, 2.24) is 39.7 Å². The van der Waals surface area contributed by atoms with Crippen molar-refractivity contribution in [3.8, 4) is 12.1 Å². The minimum atomic E-state index is -0.354. The summed E-state index contributed by atoms with van der Waals surface area (Å²) < 4.78 is 3.95. The fraction of sp³-hybridized carbons (Fsp3) is 0.250. The summed E-state index contributed by atoms with van der Waals surface area (Å²) in [5.74, 6) is 1.67. The van der Waals surface area contributed by atoms with Crippen molar-refractivity contribution in [2.75, 3.05) is 0 Å². The highest BCUT2D eigenvalue weighted by molar-refractivity contribution is 5.35. The molecule has 34 heavy (non-hydrogen) atoms. The van der Waals surface area contributed by atoms with Gasteiger partial charge in [0.05, 0.1) is 58.8 Å². The molecule has 5 heterocycles. The van der Waals surface area contributed by atoms with Gasteiger partial charge < -0.3 is 9.13 Å². The SMILES string of the molecule is Cn1ccnc1[C@@H]1N[C@H](c2cc(C#N)ccn2)[C@@H](c2cc(C#N)ccn2)N[C@H]1c1nccn1C. The molecule has 0 unspecified atom stereocenters. The van der Waals surface area contributed by atoms with Crippen molar-refractivity contribution >= 4 is 0 Å².